The highest BCUT2D eigenvalue weighted by Gasteiger charge is 2.38. The number of carbonyl (C=O) groups is 2. The molecule has 2 heterocycles. The molecule has 0 saturated carbocycles. The van der Waals surface area contributed by atoms with Crippen molar-refractivity contribution >= 4 is 11.8 Å². The van der Waals surface area contributed by atoms with Crippen molar-refractivity contribution in [2.24, 2.45) is 10.8 Å². The summed E-state index contributed by atoms with van der Waals surface area (Å²) in [6.45, 7) is 15.0. The Labute approximate surface area is 152 Å². The van der Waals surface area contributed by atoms with Gasteiger partial charge in [0.25, 0.3) is 0 Å². The lowest BCUT2D eigenvalue weighted by Crippen LogP contribution is -2.53. The van der Waals surface area contributed by atoms with E-state index in [9.17, 15) is 9.59 Å². The Bertz CT molecular complexity index is 491. The molecule has 0 aromatic rings. The van der Waals surface area contributed by atoms with E-state index in [2.05, 4.69) is 11.9 Å². The Morgan fingerprint density at radius 2 is 1.52 bits per heavy atom. The molecule has 0 bridgehead atoms. The van der Waals surface area contributed by atoms with Crippen molar-refractivity contribution in [3.8, 4) is 0 Å². The number of rotatable bonds is 3. The minimum Gasteiger partial charge on any atom is -0.375 e. The van der Waals surface area contributed by atoms with E-state index in [1.807, 2.05) is 44.4 Å². The van der Waals surface area contributed by atoms with E-state index in [0.717, 1.165) is 26.2 Å². The zero-order valence-electron chi connectivity index (χ0n) is 16.8. The molecule has 2 aliphatic rings. The van der Waals surface area contributed by atoms with E-state index in [1.54, 1.807) is 0 Å². The summed E-state index contributed by atoms with van der Waals surface area (Å²) in [7, 11) is 2.09. The van der Waals surface area contributed by atoms with Gasteiger partial charge in [0.15, 0.2) is 0 Å². The van der Waals surface area contributed by atoms with E-state index in [1.165, 1.54) is 0 Å². The third kappa shape index (κ3) is 5.17. The number of carbonyl (C=O) groups excluding carboxylic acids is 2. The molecule has 144 valence electrons. The predicted molar refractivity (Wildman–Crippen MR) is 98.3 cm³/mol. The van der Waals surface area contributed by atoms with Crippen LogP contribution in [0.25, 0.3) is 0 Å². The van der Waals surface area contributed by atoms with Crippen LogP contribution in [0.1, 0.15) is 41.0 Å². The van der Waals surface area contributed by atoms with E-state index in [-0.39, 0.29) is 23.3 Å². The topological polar surface area (TPSA) is 53.1 Å². The number of likely N-dealkylation sites (N-methyl/N-ethyl adjacent to an activating group) is 1. The number of piperazine rings is 1. The molecule has 0 radical (unpaired) electrons. The number of hydrogen-bond donors (Lipinski definition) is 0. The van der Waals surface area contributed by atoms with E-state index in [4.69, 9.17) is 4.74 Å². The van der Waals surface area contributed by atoms with Crippen LogP contribution in [0.4, 0.5) is 0 Å². The molecule has 25 heavy (non-hydrogen) atoms. The normalized spacial score (nSPS) is 23.7. The van der Waals surface area contributed by atoms with Crippen LogP contribution in [0.3, 0.4) is 0 Å². The maximum atomic E-state index is 12.9. The van der Waals surface area contributed by atoms with Crippen LogP contribution >= 0.6 is 0 Å². The van der Waals surface area contributed by atoms with Crippen molar-refractivity contribution in [3.63, 3.8) is 0 Å². The third-order valence-electron chi connectivity index (χ3n) is 5.18. The Morgan fingerprint density at radius 1 is 0.920 bits per heavy atom. The summed E-state index contributed by atoms with van der Waals surface area (Å²) in [4.78, 5) is 31.6. The molecule has 2 aliphatic heterocycles. The molecule has 2 rings (SSSR count). The number of amides is 2. The first-order valence-electron chi connectivity index (χ1n) is 9.39. The lowest BCUT2D eigenvalue weighted by molar-refractivity contribution is -0.151. The fourth-order valence-corrected chi connectivity index (χ4v) is 3.60. The molecule has 0 aromatic carbocycles. The van der Waals surface area contributed by atoms with Gasteiger partial charge in [-0.3, -0.25) is 9.59 Å². The Hall–Kier alpha value is -1.14. The molecule has 0 N–H and O–H groups in total. The smallest absolute Gasteiger partial charge is 0.228 e. The highest BCUT2D eigenvalue weighted by atomic mass is 16.5. The number of nitrogens with zero attached hydrogens (tertiary/aromatic N) is 3. The molecule has 0 spiro atoms. The van der Waals surface area contributed by atoms with Crippen molar-refractivity contribution in [2.75, 3.05) is 52.9 Å². The maximum absolute atomic E-state index is 12.9. The molecular formula is C19H35N3O3. The first-order chi connectivity index (χ1) is 11.5. The molecule has 0 aliphatic carbocycles. The van der Waals surface area contributed by atoms with Crippen LogP contribution in [-0.2, 0) is 14.3 Å². The van der Waals surface area contributed by atoms with Gasteiger partial charge >= 0.3 is 0 Å². The molecule has 2 fully saturated rings. The Morgan fingerprint density at radius 3 is 2.08 bits per heavy atom. The van der Waals surface area contributed by atoms with Gasteiger partial charge in [-0.25, -0.2) is 0 Å². The molecule has 6 heteroatoms. The van der Waals surface area contributed by atoms with Crippen molar-refractivity contribution < 1.29 is 14.3 Å². The van der Waals surface area contributed by atoms with E-state index >= 15 is 0 Å². The van der Waals surface area contributed by atoms with Crippen LogP contribution in [0.15, 0.2) is 0 Å². The van der Waals surface area contributed by atoms with Gasteiger partial charge in [-0.15, -0.1) is 0 Å². The Balaban J connectivity index is 1.95. The molecule has 1 unspecified atom stereocenters. The zero-order chi connectivity index (χ0) is 18.8. The van der Waals surface area contributed by atoms with Crippen molar-refractivity contribution in [1.82, 2.24) is 14.7 Å². The molecule has 2 amide bonds. The highest BCUT2D eigenvalue weighted by molar-refractivity contribution is 5.82. The van der Waals surface area contributed by atoms with Crippen LogP contribution in [0.5, 0.6) is 0 Å². The summed E-state index contributed by atoms with van der Waals surface area (Å²) in [5.41, 5.74) is -0.860. The predicted octanol–water partition coefficient (Wildman–Crippen LogP) is 1.45. The molecule has 0 aromatic heterocycles. The SMILES string of the molecule is CN1CCN(C(=O)C(C)(C)CC2CN(C(=O)C(C)(C)C)CCO2)CC1. The maximum Gasteiger partial charge on any atom is 0.228 e. The summed E-state index contributed by atoms with van der Waals surface area (Å²) in [6, 6.07) is 0. The highest BCUT2D eigenvalue weighted by Crippen LogP contribution is 2.29. The number of hydrogen-bond acceptors (Lipinski definition) is 4. The van der Waals surface area contributed by atoms with Crippen LogP contribution in [0, 0.1) is 10.8 Å². The fourth-order valence-electron chi connectivity index (χ4n) is 3.60. The van der Waals surface area contributed by atoms with Crippen molar-refractivity contribution in [1.29, 1.82) is 0 Å². The monoisotopic (exact) mass is 353 g/mol. The first-order valence-corrected chi connectivity index (χ1v) is 9.39. The summed E-state index contributed by atoms with van der Waals surface area (Å²) >= 11 is 0. The lowest BCUT2D eigenvalue weighted by atomic mass is 9.84. The van der Waals surface area contributed by atoms with Gasteiger partial charge in [-0.2, -0.15) is 0 Å². The van der Waals surface area contributed by atoms with Crippen molar-refractivity contribution in [3.05, 3.63) is 0 Å². The van der Waals surface area contributed by atoms with E-state index < -0.39 is 5.41 Å². The zero-order valence-corrected chi connectivity index (χ0v) is 16.8. The summed E-state index contributed by atoms with van der Waals surface area (Å²) < 4.78 is 5.89. The summed E-state index contributed by atoms with van der Waals surface area (Å²) in [5, 5.41) is 0. The molecular weight excluding hydrogens is 318 g/mol. The Kier molecular flexibility index (Phi) is 6.15. The average molecular weight is 354 g/mol. The number of ether oxygens (including phenoxy) is 1. The van der Waals surface area contributed by atoms with Gasteiger partial charge in [-0.1, -0.05) is 34.6 Å². The quantitative estimate of drug-likeness (QED) is 0.771. The number of morpholine rings is 1. The molecule has 2 saturated heterocycles. The van der Waals surface area contributed by atoms with Gasteiger partial charge in [0.1, 0.15) is 0 Å². The van der Waals surface area contributed by atoms with Gasteiger partial charge in [0, 0.05) is 50.1 Å². The second-order valence-electron chi connectivity index (χ2n) is 9.18. The minimum atomic E-state index is -0.478. The summed E-state index contributed by atoms with van der Waals surface area (Å²) in [5.74, 6) is 0.354. The molecule has 6 nitrogen and oxygen atoms in total. The minimum absolute atomic E-state index is 0.0773. The summed E-state index contributed by atoms with van der Waals surface area (Å²) in [6.07, 6.45) is 0.568. The van der Waals surface area contributed by atoms with Gasteiger partial charge in [0.2, 0.25) is 11.8 Å². The van der Waals surface area contributed by atoms with Crippen LogP contribution in [-0.4, -0.2) is 85.5 Å². The molecule has 1 atom stereocenters. The third-order valence-corrected chi connectivity index (χ3v) is 5.18. The first kappa shape index (κ1) is 20.2. The van der Waals surface area contributed by atoms with E-state index in [0.29, 0.717) is 26.1 Å². The van der Waals surface area contributed by atoms with Crippen LogP contribution in [0.2, 0.25) is 0 Å². The largest absolute Gasteiger partial charge is 0.375 e. The van der Waals surface area contributed by atoms with Gasteiger partial charge in [-0.05, 0) is 13.5 Å². The lowest BCUT2D eigenvalue weighted by Gasteiger charge is -2.41. The fraction of sp³-hybridized carbons (Fsp3) is 0.895. The van der Waals surface area contributed by atoms with Crippen LogP contribution < -0.4 is 0 Å². The second kappa shape index (κ2) is 7.62. The van der Waals surface area contributed by atoms with Crippen molar-refractivity contribution in [2.45, 2.75) is 47.1 Å². The standard InChI is InChI=1S/C19H35N3O3/c1-18(2,3)16(23)22-11-12-25-15(14-22)13-19(4,5)17(24)21-9-7-20(6)8-10-21/h15H,7-14H2,1-6H3. The average Bonchev–Trinajstić information content (AvgIpc) is 2.53. The van der Waals surface area contributed by atoms with Gasteiger partial charge < -0.3 is 19.4 Å². The van der Waals surface area contributed by atoms with Gasteiger partial charge in [0.05, 0.1) is 12.7 Å². The second-order valence-corrected chi connectivity index (χ2v) is 9.18.